The van der Waals surface area contributed by atoms with Crippen molar-refractivity contribution in [2.75, 3.05) is 12.8 Å². The van der Waals surface area contributed by atoms with Crippen LogP contribution >= 0.6 is 11.6 Å². The predicted octanol–water partition coefficient (Wildman–Crippen LogP) is 1.77. The highest BCUT2D eigenvalue weighted by Gasteiger charge is 2.31. The number of nitrogens with two attached hydrogens (primary N) is 1. The highest BCUT2D eigenvalue weighted by atomic mass is 35.5. The van der Waals surface area contributed by atoms with E-state index in [1.54, 1.807) is 7.11 Å². The van der Waals surface area contributed by atoms with E-state index in [1.807, 2.05) is 0 Å². The van der Waals surface area contributed by atoms with Crippen molar-refractivity contribution in [2.45, 2.75) is 36.3 Å². The van der Waals surface area contributed by atoms with Crippen LogP contribution < -0.4 is 10.5 Å². The van der Waals surface area contributed by atoms with Crippen molar-refractivity contribution in [3.8, 4) is 0 Å². The molecule has 1 fully saturated rings. The molecule has 0 spiro atoms. The molecule has 2 atom stereocenters. The molecule has 1 aliphatic rings. The summed E-state index contributed by atoms with van der Waals surface area (Å²) in [5.41, 5.74) is 5.99. The van der Waals surface area contributed by atoms with Crippen LogP contribution in [0.25, 0.3) is 0 Å². The summed E-state index contributed by atoms with van der Waals surface area (Å²) in [5.74, 6) is 0. The third-order valence-electron chi connectivity index (χ3n) is 3.31. The van der Waals surface area contributed by atoms with Crippen LogP contribution in [0, 0.1) is 0 Å². The van der Waals surface area contributed by atoms with Crippen LogP contribution in [-0.4, -0.2) is 27.7 Å². The second kappa shape index (κ2) is 5.66. The van der Waals surface area contributed by atoms with Crippen LogP contribution in [-0.2, 0) is 14.8 Å². The van der Waals surface area contributed by atoms with Gasteiger partial charge in [-0.15, -0.1) is 0 Å². The summed E-state index contributed by atoms with van der Waals surface area (Å²) in [7, 11) is -2.06. The molecule has 1 aromatic rings. The summed E-state index contributed by atoms with van der Waals surface area (Å²) in [6.45, 7) is 0. The fourth-order valence-electron chi connectivity index (χ4n) is 2.34. The van der Waals surface area contributed by atoms with Crippen molar-refractivity contribution < 1.29 is 13.2 Å². The maximum Gasteiger partial charge on any atom is 0.242 e. The van der Waals surface area contributed by atoms with Crippen LogP contribution in [0.5, 0.6) is 0 Å². The van der Waals surface area contributed by atoms with Gasteiger partial charge in [-0.05, 0) is 37.5 Å². The molecule has 3 N–H and O–H groups in total. The normalized spacial score (nSPS) is 23.7. The minimum atomic E-state index is -3.65. The van der Waals surface area contributed by atoms with Crippen molar-refractivity contribution in [3.63, 3.8) is 0 Å². The summed E-state index contributed by atoms with van der Waals surface area (Å²) < 4.78 is 32.5. The number of hydrogen-bond acceptors (Lipinski definition) is 4. The Morgan fingerprint density at radius 1 is 1.42 bits per heavy atom. The van der Waals surface area contributed by atoms with Crippen molar-refractivity contribution in [1.82, 2.24) is 4.72 Å². The van der Waals surface area contributed by atoms with Crippen molar-refractivity contribution in [3.05, 3.63) is 23.2 Å². The molecule has 1 saturated carbocycles. The van der Waals surface area contributed by atoms with Crippen molar-refractivity contribution in [1.29, 1.82) is 0 Å². The zero-order valence-corrected chi connectivity index (χ0v) is 12.2. The highest BCUT2D eigenvalue weighted by molar-refractivity contribution is 7.89. The molecule has 5 nitrogen and oxygen atoms in total. The molecule has 2 unspecified atom stereocenters. The summed E-state index contributed by atoms with van der Waals surface area (Å²) in [5, 5.41) is 0.125. The van der Waals surface area contributed by atoms with Gasteiger partial charge in [0.05, 0.1) is 11.1 Å². The first kappa shape index (κ1) is 14.6. The van der Waals surface area contributed by atoms with E-state index >= 15 is 0 Å². The van der Waals surface area contributed by atoms with Crippen LogP contribution in [0.3, 0.4) is 0 Å². The maximum absolute atomic E-state index is 12.3. The Morgan fingerprint density at radius 3 is 2.79 bits per heavy atom. The topological polar surface area (TPSA) is 81.4 Å². The van der Waals surface area contributed by atoms with E-state index in [0.717, 1.165) is 19.3 Å². The fraction of sp³-hybridized carbons (Fsp3) is 0.500. The highest BCUT2D eigenvalue weighted by Crippen LogP contribution is 2.27. The van der Waals surface area contributed by atoms with E-state index in [2.05, 4.69) is 4.72 Å². The molecule has 0 bridgehead atoms. The monoisotopic (exact) mass is 304 g/mol. The van der Waals surface area contributed by atoms with E-state index in [9.17, 15) is 8.42 Å². The number of ether oxygens (including phenoxy) is 1. The SMILES string of the molecule is COC1CCCC1NS(=O)(=O)c1ccc(N)cc1Cl. The second-order valence-corrected chi connectivity index (χ2v) is 6.71. The quantitative estimate of drug-likeness (QED) is 0.831. The number of nitrogen functional groups attached to an aromatic ring is 1. The number of nitrogens with one attached hydrogen (secondary N) is 1. The van der Waals surface area contributed by atoms with Crippen LogP contribution in [0.2, 0.25) is 5.02 Å². The van der Waals surface area contributed by atoms with Gasteiger partial charge in [0.2, 0.25) is 10.0 Å². The maximum atomic E-state index is 12.3. The Balaban J connectivity index is 2.23. The zero-order valence-electron chi connectivity index (χ0n) is 10.6. The van der Waals surface area contributed by atoms with E-state index in [4.69, 9.17) is 22.1 Å². The van der Waals surface area contributed by atoms with E-state index in [1.165, 1.54) is 18.2 Å². The summed E-state index contributed by atoms with van der Waals surface area (Å²) >= 11 is 5.94. The number of halogens is 1. The first-order valence-electron chi connectivity index (χ1n) is 6.04. The molecule has 1 aliphatic carbocycles. The third kappa shape index (κ3) is 3.20. The molecule has 7 heteroatoms. The summed E-state index contributed by atoms with van der Waals surface area (Å²) in [6.07, 6.45) is 2.49. The van der Waals surface area contributed by atoms with Gasteiger partial charge in [-0.25, -0.2) is 13.1 Å². The number of methoxy groups -OCH3 is 1. The largest absolute Gasteiger partial charge is 0.399 e. The average molecular weight is 305 g/mol. The summed E-state index contributed by atoms with van der Waals surface area (Å²) in [4.78, 5) is 0.0464. The molecular weight excluding hydrogens is 288 g/mol. The van der Waals surface area contributed by atoms with Gasteiger partial charge in [-0.1, -0.05) is 11.6 Å². The molecule has 0 aromatic heterocycles. The van der Waals surface area contributed by atoms with Crippen LogP contribution in [0.1, 0.15) is 19.3 Å². The standard InChI is InChI=1S/C12H17ClN2O3S/c1-18-11-4-2-3-10(11)15-19(16,17)12-6-5-8(14)7-9(12)13/h5-7,10-11,15H,2-4,14H2,1H3. The predicted molar refractivity (Wildman–Crippen MR) is 74.6 cm³/mol. The van der Waals surface area contributed by atoms with Gasteiger partial charge in [-0.3, -0.25) is 0 Å². The molecule has 1 aromatic carbocycles. The first-order chi connectivity index (χ1) is 8.94. The molecule has 0 radical (unpaired) electrons. The fourth-order valence-corrected chi connectivity index (χ4v) is 4.19. The molecule has 0 heterocycles. The van der Waals surface area contributed by atoms with E-state index < -0.39 is 10.0 Å². The van der Waals surface area contributed by atoms with Crippen molar-refractivity contribution in [2.24, 2.45) is 0 Å². The molecular formula is C12H17ClN2O3S. The van der Waals surface area contributed by atoms with Gasteiger partial charge in [0.25, 0.3) is 0 Å². The Hall–Kier alpha value is -0.820. The van der Waals surface area contributed by atoms with Gasteiger partial charge in [-0.2, -0.15) is 0 Å². The van der Waals surface area contributed by atoms with Gasteiger partial charge in [0, 0.05) is 18.8 Å². The molecule has 0 aliphatic heterocycles. The van der Waals surface area contributed by atoms with Crippen molar-refractivity contribution >= 4 is 27.3 Å². The van der Waals surface area contributed by atoms with Gasteiger partial charge in [0.15, 0.2) is 0 Å². The van der Waals surface area contributed by atoms with Crippen LogP contribution in [0.15, 0.2) is 23.1 Å². The molecule has 0 amide bonds. The minimum absolute atomic E-state index is 0.0464. The number of hydrogen-bond donors (Lipinski definition) is 2. The zero-order chi connectivity index (χ0) is 14.0. The lowest BCUT2D eigenvalue weighted by molar-refractivity contribution is 0.0916. The number of benzene rings is 1. The molecule has 0 saturated heterocycles. The Bertz CT molecular complexity index is 562. The average Bonchev–Trinajstić information content (AvgIpc) is 2.74. The van der Waals surface area contributed by atoms with Crippen LogP contribution in [0.4, 0.5) is 5.69 Å². The lowest BCUT2D eigenvalue weighted by Gasteiger charge is -2.20. The van der Waals surface area contributed by atoms with Gasteiger partial charge in [0.1, 0.15) is 4.90 Å². The van der Waals surface area contributed by atoms with Gasteiger partial charge < -0.3 is 10.5 Å². The third-order valence-corrected chi connectivity index (χ3v) is 5.28. The second-order valence-electron chi connectivity index (χ2n) is 4.62. The number of sulfonamides is 1. The lowest BCUT2D eigenvalue weighted by Crippen LogP contribution is -2.40. The smallest absolute Gasteiger partial charge is 0.242 e. The Kier molecular flexibility index (Phi) is 4.35. The van der Waals surface area contributed by atoms with Gasteiger partial charge >= 0.3 is 0 Å². The molecule has 106 valence electrons. The molecule has 2 rings (SSSR count). The Morgan fingerprint density at radius 2 is 2.16 bits per heavy atom. The number of rotatable bonds is 4. The Labute approximate surface area is 118 Å². The lowest BCUT2D eigenvalue weighted by atomic mass is 10.2. The summed E-state index contributed by atoms with van der Waals surface area (Å²) in [6, 6.07) is 4.15. The first-order valence-corrected chi connectivity index (χ1v) is 7.90. The molecule has 19 heavy (non-hydrogen) atoms. The van der Waals surface area contributed by atoms with E-state index in [-0.39, 0.29) is 22.1 Å². The van der Waals surface area contributed by atoms with E-state index in [0.29, 0.717) is 5.69 Å². The minimum Gasteiger partial charge on any atom is -0.399 e. The number of anilines is 1.